The van der Waals surface area contributed by atoms with Gasteiger partial charge in [0.2, 0.25) is 5.92 Å². The molecule has 0 aromatic heterocycles. The highest BCUT2D eigenvalue weighted by molar-refractivity contribution is 5.82. The molecule has 3 atom stereocenters. The Morgan fingerprint density at radius 1 is 1.33 bits per heavy atom. The van der Waals surface area contributed by atoms with Crippen LogP contribution in [-0.2, 0) is 15.1 Å². The third kappa shape index (κ3) is 3.30. The number of carbonyl (C=O) groups is 1. The first kappa shape index (κ1) is 17.3. The number of benzene rings is 1. The molecule has 2 fully saturated rings. The van der Waals surface area contributed by atoms with Crippen molar-refractivity contribution < 1.29 is 23.4 Å². The van der Waals surface area contributed by atoms with Gasteiger partial charge in [0.05, 0.1) is 0 Å². The fourth-order valence-electron chi connectivity index (χ4n) is 3.60. The minimum Gasteiger partial charge on any atom is -0.459 e. The summed E-state index contributed by atoms with van der Waals surface area (Å²) in [7, 11) is 0. The van der Waals surface area contributed by atoms with E-state index in [4.69, 9.17) is 4.74 Å². The standard InChI is InChI=1S/C18H23F2NO3/c1-12-2-4-13(5-3-12)18(23,14-6-8-17(19,20)10-14)16(22)24-15-7-9-21-11-15/h2-5,14-15,21,23H,6-11H2,1H3/t14-,15-,18+/m1/s1. The number of halogens is 2. The van der Waals surface area contributed by atoms with Crippen molar-refractivity contribution in [2.75, 3.05) is 13.1 Å². The van der Waals surface area contributed by atoms with E-state index < -0.39 is 29.8 Å². The Labute approximate surface area is 140 Å². The molecule has 132 valence electrons. The van der Waals surface area contributed by atoms with E-state index in [2.05, 4.69) is 5.32 Å². The van der Waals surface area contributed by atoms with E-state index in [0.717, 1.165) is 12.1 Å². The summed E-state index contributed by atoms with van der Waals surface area (Å²) < 4.78 is 32.8. The molecule has 1 saturated carbocycles. The van der Waals surface area contributed by atoms with E-state index in [1.54, 1.807) is 24.3 Å². The number of nitrogens with one attached hydrogen (secondary N) is 1. The van der Waals surface area contributed by atoms with E-state index in [-0.39, 0.29) is 18.9 Å². The van der Waals surface area contributed by atoms with Crippen LogP contribution in [0.2, 0.25) is 0 Å². The number of alkyl halides is 2. The summed E-state index contributed by atoms with van der Waals surface area (Å²) in [6, 6.07) is 6.77. The third-order valence-corrected chi connectivity index (χ3v) is 5.09. The van der Waals surface area contributed by atoms with Gasteiger partial charge >= 0.3 is 5.97 Å². The normalized spacial score (nSPS) is 28.5. The molecule has 1 saturated heterocycles. The van der Waals surface area contributed by atoms with Crippen LogP contribution in [0.15, 0.2) is 24.3 Å². The first-order valence-electron chi connectivity index (χ1n) is 8.40. The lowest BCUT2D eigenvalue weighted by molar-refractivity contribution is -0.179. The number of hydrogen-bond donors (Lipinski definition) is 2. The van der Waals surface area contributed by atoms with Gasteiger partial charge in [-0.25, -0.2) is 13.6 Å². The molecule has 1 aromatic carbocycles. The molecule has 0 bridgehead atoms. The van der Waals surface area contributed by atoms with Gasteiger partial charge in [-0.1, -0.05) is 29.8 Å². The summed E-state index contributed by atoms with van der Waals surface area (Å²) in [5.74, 6) is -4.52. The molecule has 0 spiro atoms. The number of rotatable bonds is 4. The van der Waals surface area contributed by atoms with E-state index in [1.165, 1.54) is 0 Å². The third-order valence-electron chi connectivity index (χ3n) is 5.09. The molecule has 0 amide bonds. The van der Waals surface area contributed by atoms with Crippen molar-refractivity contribution in [3.8, 4) is 0 Å². The van der Waals surface area contributed by atoms with Crippen LogP contribution in [0.25, 0.3) is 0 Å². The zero-order chi connectivity index (χ0) is 17.4. The topological polar surface area (TPSA) is 58.6 Å². The van der Waals surface area contributed by atoms with Crippen molar-refractivity contribution in [3.05, 3.63) is 35.4 Å². The summed E-state index contributed by atoms with van der Waals surface area (Å²) in [6.45, 7) is 3.15. The minimum atomic E-state index is -2.85. The second-order valence-electron chi connectivity index (χ2n) is 6.95. The summed E-state index contributed by atoms with van der Waals surface area (Å²) in [5, 5.41) is 14.3. The fraction of sp³-hybridized carbons (Fsp3) is 0.611. The Kier molecular flexibility index (Phi) is 4.62. The Balaban J connectivity index is 1.90. The maximum absolute atomic E-state index is 13.7. The van der Waals surface area contributed by atoms with Gasteiger partial charge in [-0.15, -0.1) is 0 Å². The number of aliphatic hydroxyl groups is 1. The van der Waals surface area contributed by atoms with Gasteiger partial charge < -0.3 is 15.2 Å². The number of carbonyl (C=O) groups excluding carboxylic acids is 1. The Morgan fingerprint density at radius 2 is 2.04 bits per heavy atom. The lowest BCUT2D eigenvalue weighted by atomic mass is 9.79. The highest BCUT2D eigenvalue weighted by atomic mass is 19.3. The van der Waals surface area contributed by atoms with Crippen molar-refractivity contribution in [2.45, 2.75) is 50.2 Å². The molecule has 6 heteroatoms. The summed E-state index contributed by atoms with van der Waals surface area (Å²) in [6.07, 6.45) is -0.387. The first-order valence-corrected chi connectivity index (χ1v) is 8.40. The second kappa shape index (κ2) is 6.41. The molecule has 2 N–H and O–H groups in total. The highest BCUT2D eigenvalue weighted by Crippen LogP contribution is 2.48. The molecule has 0 unspecified atom stereocenters. The Morgan fingerprint density at radius 3 is 2.58 bits per heavy atom. The van der Waals surface area contributed by atoms with E-state index in [0.29, 0.717) is 18.5 Å². The molecule has 2 aliphatic rings. The molecule has 3 rings (SSSR count). The van der Waals surface area contributed by atoms with Crippen LogP contribution in [0.4, 0.5) is 8.78 Å². The smallest absolute Gasteiger partial charge is 0.343 e. The average molecular weight is 339 g/mol. The van der Waals surface area contributed by atoms with Crippen LogP contribution in [0, 0.1) is 12.8 Å². The molecule has 24 heavy (non-hydrogen) atoms. The maximum atomic E-state index is 13.7. The van der Waals surface area contributed by atoms with Gasteiger partial charge in [0.25, 0.3) is 0 Å². The monoisotopic (exact) mass is 339 g/mol. The van der Waals surface area contributed by atoms with E-state index in [9.17, 15) is 18.7 Å². The zero-order valence-corrected chi connectivity index (χ0v) is 13.7. The fourth-order valence-corrected chi connectivity index (χ4v) is 3.60. The van der Waals surface area contributed by atoms with Crippen molar-refractivity contribution in [1.29, 1.82) is 0 Å². The van der Waals surface area contributed by atoms with Crippen LogP contribution in [0.5, 0.6) is 0 Å². The Bertz CT molecular complexity index is 599. The number of esters is 1. The first-order chi connectivity index (χ1) is 11.3. The van der Waals surface area contributed by atoms with Crippen LogP contribution in [0.3, 0.4) is 0 Å². The van der Waals surface area contributed by atoms with Crippen molar-refractivity contribution >= 4 is 5.97 Å². The van der Waals surface area contributed by atoms with Gasteiger partial charge in [-0.3, -0.25) is 0 Å². The van der Waals surface area contributed by atoms with E-state index >= 15 is 0 Å². The molecular formula is C18H23F2NO3. The van der Waals surface area contributed by atoms with Crippen LogP contribution in [-0.4, -0.2) is 36.2 Å². The van der Waals surface area contributed by atoms with Crippen molar-refractivity contribution in [2.24, 2.45) is 5.92 Å². The lowest BCUT2D eigenvalue weighted by Crippen LogP contribution is -2.45. The highest BCUT2D eigenvalue weighted by Gasteiger charge is 2.54. The second-order valence-corrected chi connectivity index (χ2v) is 6.95. The van der Waals surface area contributed by atoms with Gasteiger partial charge in [-0.2, -0.15) is 0 Å². The summed E-state index contributed by atoms with van der Waals surface area (Å²) in [5.41, 5.74) is -0.742. The van der Waals surface area contributed by atoms with Gasteiger partial charge in [0.15, 0.2) is 5.60 Å². The zero-order valence-electron chi connectivity index (χ0n) is 13.7. The molecule has 1 aliphatic heterocycles. The molecule has 4 nitrogen and oxygen atoms in total. The van der Waals surface area contributed by atoms with Gasteiger partial charge in [0.1, 0.15) is 6.10 Å². The Hall–Kier alpha value is -1.53. The largest absolute Gasteiger partial charge is 0.459 e. The van der Waals surface area contributed by atoms with Crippen molar-refractivity contribution in [1.82, 2.24) is 5.32 Å². The molecule has 1 aromatic rings. The number of ether oxygens (including phenoxy) is 1. The van der Waals surface area contributed by atoms with Crippen LogP contribution < -0.4 is 5.32 Å². The maximum Gasteiger partial charge on any atom is 0.343 e. The quantitative estimate of drug-likeness (QED) is 0.828. The molecule has 1 heterocycles. The summed E-state index contributed by atoms with van der Waals surface area (Å²) in [4.78, 5) is 12.8. The average Bonchev–Trinajstić information content (AvgIpc) is 3.16. The lowest BCUT2D eigenvalue weighted by Gasteiger charge is -2.33. The minimum absolute atomic E-state index is 0.0927. The SMILES string of the molecule is Cc1ccc([C@@](O)(C(=O)O[C@@H]2CCNC2)[C@@H]2CCC(F)(F)C2)cc1. The van der Waals surface area contributed by atoms with Crippen LogP contribution >= 0.6 is 0 Å². The van der Waals surface area contributed by atoms with Gasteiger partial charge in [0, 0.05) is 25.3 Å². The number of hydrogen-bond acceptors (Lipinski definition) is 4. The predicted octanol–water partition coefficient (Wildman–Crippen LogP) is 2.52. The summed E-state index contributed by atoms with van der Waals surface area (Å²) >= 11 is 0. The molecule has 1 aliphatic carbocycles. The number of aryl methyl sites for hydroxylation is 1. The predicted molar refractivity (Wildman–Crippen MR) is 84.7 cm³/mol. The van der Waals surface area contributed by atoms with Crippen LogP contribution in [0.1, 0.15) is 36.8 Å². The molecule has 0 radical (unpaired) electrons. The van der Waals surface area contributed by atoms with E-state index in [1.807, 2.05) is 6.92 Å². The molecular weight excluding hydrogens is 316 g/mol. The van der Waals surface area contributed by atoms with Gasteiger partial charge in [-0.05, 0) is 31.9 Å². The van der Waals surface area contributed by atoms with Crippen molar-refractivity contribution in [3.63, 3.8) is 0 Å².